The first kappa shape index (κ1) is 11.3. The zero-order valence-corrected chi connectivity index (χ0v) is 10.6. The second-order valence-electron chi connectivity index (χ2n) is 3.94. The molecule has 1 aromatic rings. The minimum atomic E-state index is -0.150. The molecule has 2 unspecified atom stereocenters. The zero-order valence-electron chi connectivity index (χ0n) is 8.46. The molecule has 0 bridgehead atoms. The number of halogens is 2. The van der Waals surface area contributed by atoms with Gasteiger partial charge in [0.05, 0.1) is 12.7 Å². The van der Waals surface area contributed by atoms with Crippen molar-refractivity contribution in [3.63, 3.8) is 0 Å². The topological polar surface area (TPSA) is 9.23 Å². The monoisotopic (exact) mass is 320 g/mol. The largest absolute Gasteiger partial charge is 0.377 e. The van der Waals surface area contributed by atoms with E-state index in [0.717, 1.165) is 29.4 Å². The number of benzene rings is 1. The molecule has 2 atom stereocenters. The molecule has 1 nitrogen and oxygen atoms in total. The van der Waals surface area contributed by atoms with Gasteiger partial charge in [0.1, 0.15) is 5.82 Å². The third kappa shape index (κ3) is 2.91. The molecular weight excluding hydrogens is 306 g/mol. The fourth-order valence-corrected chi connectivity index (χ4v) is 2.65. The molecule has 0 aromatic heterocycles. The summed E-state index contributed by atoms with van der Waals surface area (Å²) in [5.74, 6) is 0.225. The van der Waals surface area contributed by atoms with Crippen LogP contribution in [0, 0.1) is 5.82 Å². The Morgan fingerprint density at radius 2 is 2.27 bits per heavy atom. The molecule has 82 valence electrons. The van der Waals surface area contributed by atoms with Gasteiger partial charge in [-0.15, -0.1) is 0 Å². The molecule has 15 heavy (non-hydrogen) atoms. The van der Waals surface area contributed by atoms with Crippen LogP contribution in [0.3, 0.4) is 0 Å². The van der Waals surface area contributed by atoms with Crippen molar-refractivity contribution in [2.75, 3.05) is 11.0 Å². The molecule has 0 N–H and O–H groups in total. The van der Waals surface area contributed by atoms with Gasteiger partial charge in [0.15, 0.2) is 0 Å². The predicted octanol–water partition coefficient (Wildman–Crippen LogP) is 3.52. The summed E-state index contributed by atoms with van der Waals surface area (Å²) in [6, 6.07) is 6.87. The van der Waals surface area contributed by atoms with E-state index in [0.29, 0.717) is 12.0 Å². The quantitative estimate of drug-likeness (QED) is 0.598. The SMILES string of the molecule is Fc1cccc(C2CCC(CI)OC2)c1. The molecule has 0 spiro atoms. The van der Waals surface area contributed by atoms with E-state index in [1.54, 1.807) is 12.1 Å². The highest BCUT2D eigenvalue weighted by atomic mass is 127. The van der Waals surface area contributed by atoms with Crippen LogP contribution < -0.4 is 0 Å². The van der Waals surface area contributed by atoms with Crippen LogP contribution in [0.1, 0.15) is 24.3 Å². The standard InChI is InChI=1S/C12H14FIO/c13-11-3-1-2-9(6-11)10-4-5-12(7-14)15-8-10/h1-3,6,10,12H,4-5,7-8H2. The van der Waals surface area contributed by atoms with Crippen LogP contribution in [0.4, 0.5) is 4.39 Å². The Labute approximate surface area is 103 Å². The molecule has 1 heterocycles. The van der Waals surface area contributed by atoms with Crippen molar-refractivity contribution in [3.8, 4) is 0 Å². The molecule has 0 aliphatic carbocycles. The Kier molecular flexibility index (Phi) is 3.97. The number of ether oxygens (including phenoxy) is 1. The number of hydrogen-bond acceptors (Lipinski definition) is 1. The zero-order chi connectivity index (χ0) is 10.7. The smallest absolute Gasteiger partial charge is 0.123 e. The maximum atomic E-state index is 13.0. The van der Waals surface area contributed by atoms with E-state index in [4.69, 9.17) is 4.74 Å². The summed E-state index contributed by atoms with van der Waals surface area (Å²) in [6.45, 7) is 0.733. The summed E-state index contributed by atoms with van der Waals surface area (Å²) in [5, 5.41) is 0. The Balaban J connectivity index is 2.01. The highest BCUT2D eigenvalue weighted by Gasteiger charge is 2.22. The third-order valence-electron chi connectivity index (χ3n) is 2.86. The first-order valence-corrected chi connectivity index (χ1v) is 6.75. The molecule has 1 aromatic carbocycles. The van der Waals surface area contributed by atoms with Crippen molar-refractivity contribution in [2.24, 2.45) is 0 Å². The normalized spacial score (nSPS) is 26.5. The molecule has 3 heteroatoms. The van der Waals surface area contributed by atoms with E-state index >= 15 is 0 Å². The van der Waals surface area contributed by atoms with Crippen LogP contribution in [0.2, 0.25) is 0 Å². The van der Waals surface area contributed by atoms with Gasteiger partial charge in [0.25, 0.3) is 0 Å². The summed E-state index contributed by atoms with van der Waals surface area (Å²) < 4.78 is 19.8. The molecule has 1 aliphatic rings. The Morgan fingerprint density at radius 1 is 1.40 bits per heavy atom. The fraction of sp³-hybridized carbons (Fsp3) is 0.500. The van der Waals surface area contributed by atoms with E-state index in [1.165, 1.54) is 6.07 Å². The van der Waals surface area contributed by atoms with Crippen molar-refractivity contribution in [3.05, 3.63) is 35.6 Å². The number of hydrogen-bond donors (Lipinski definition) is 0. The van der Waals surface area contributed by atoms with E-state index in [2.05, 4.69) is 22.6 Å². The van der Waals surface area contributed by atoms with E-state index in [1.807, 2.05) is 6.07 Å². The summed E-state index contributed by atoms with van der Waals surface area (Å²) in [5.41, 5.74) is 1.07. The minimum absolute atomic E-state index is 0.150. The van der Waals surface area contributed by atoms with Gasteiger partial charge >= 0.3 is 0 Å². The molecule has 1 aliphatic heterocycles. The molecule has 2 rings (SSSR count). The summed E-state index contributed by atoms with van der Waals surface area (Å²) in [4.78, 5) is 0. The summed E-state index contributed by atoms with van der Waals surface area (Å²) in [6.07, 6.45) is 2.59. The van der Waals surface area contributed by atoms with Crippen molar-refractivity contribution >= 4 is 22.6 Å². The van der Waals surface area contributed by atoms with Gasteiger partial charge < -0.3 is 4.74 Å². The first-order valence-electron chi connectivity index (χ1n) is 5.22. The van der Waals surface area contributed by atoms with Gasteiger partial charge in [-0.2, -0.15) is 0 Å². The predicted molar refractivity (Wildman–Crippen MR) is 67.0 cm³/mol. The fourth-order valence-electron chi connectivity index (χ4n) is 1.95. The second-order valence-corrected chi connectivity index (χ2v) is 4.82. The van der Waals surface area contributed by atoms with Gasteiger partial charge in [0, 0.05) is 10.3 Å². The van der Waals surface area contributed by atoms with Crippen LogP contribution in [0.15, 0.2) is 24.3 Å². The maximum absolute atomic E-state index is 13.0. The molecule has 1 saturated heterocycles. The maximum Gasteiger partial charge on any atom is 0.123 e. The third-order valence-corrected chi connectivity index (χ3v) is 3.84. The van der Waals surface area contributed by atoms with Crippen LogP contribution >= 0.6 is 22.6 Å². The Bertz CT molecular complexity index is 321. The average Bonchev–Trinajstić information content (AvgIpc) is 2.29. The molecule has 0 amide bonds. The summed E-state index contributed by atoms with van der Waals surface area (Å²) >= 11 is 2.35. The van der Waals surface area contributed by atoms with Crippen LogP contribution in [-0.4, -0.2) is 17.1 Å². The Morgan fingerprint density at radius 3 is 2.87 bits per heavy atom. The molecule has 1 fully saturated rings. The number of alkyl halides is 1. The lowest BCUT2D eigenvalue weighted by atomic mass is 9.92. The van der Waals surface area contributed by atoms with Gasteiger partial charge in [-0.1, -0.05) is 34.7 Å². The lowest BCUT2D eigenvalue weighted by Gasteiger charge is -2.28. The average molecular weight is 320 g/mol. The van der Waals surface area contributed by atoms with E-state index in [-0.39, 0.29) is 5.82 Å². The first-order chi connectivity index (χ1) is 7.29. The molecular formula is C12H14FIO. The highest BCUT2D eigenvalue weighted by molar-refractivity contribution is 14.1. The van der Waals surface area contributed by atoms with E-state index < -0.39 is 0 Å². The number of rotatable bonds is 2. The van der Waals surface area contributed by atoms with Crippen molar-refractivity contribution in [1.82, 2.24) is 0 Å². The Hall–Kier alpha value is -0.160. The molecule has 0 saturated carbocycles. The second kappa shape index (κ2) is 5.25. The van der Waals surface area contributed by atoms with Crippen LogP contribution in [0.25, 0.3) is 0 Å². The van der Waals surface area contributed by atoms with Gasteiger partial charge in [-0.3, -0.25) is 0 Å². The lowest BCUT2D eigenvalue weighted by molar-refractivity contribution is 0.0200. The van der Waals surface area contributed by atoms with Gasteiger partial charge in [-0.25, -0.2) is 4.39 Å². The van der Waals surface area contributed by atoms with Crippen molar-refractivity contribution in [1.29, 1.82) is 0 Å². The summed E-state index contributed by atoms with van der Waals surface area (Å²) in [7, 11) is 0. The van der Waals surface area contributed by atoms with Crippen molar-refractivity contribution < 1.29 is 9.13 Å². The lowest BCUT2D eigenvalue weighted by Crippen LogP contribution is -2.25. The van der Waals surface area contributed by atoms with Crippen molar-refractivity contribution in [2.45, 2.75) is 24.9 Å². The van der Waals surface area contributed by atoms with Crippen LogP contribution in [0.5, 0.6) is 0 Å². The van der Waals surface area contributed by atoms with Gasteiger partial charge in [-0.05, 0) is 30.5 Å². The van der Waals surface area contributed by atoms with E-state index in [9.17, 15) is 4.39 Å². The van der Waals surface area contributed by atoms with Crippen LogP contribution in [-0.2, 0) is 4.74 Å². The molecule has 0 radical (unpaired) electrons. The van der Waals surface area contributed by atoms with Gasteiger partial charge in [0.2, 0.25) is 0 Å². The highest BCUT2D eigenvalue weighted by Crippen LogP contribution is 2.28. The minimum Gasteiger partial charge on any atom is -0.377 e.